The molecule has 15 nitrogen and oxygen atoms in total. The van der Waals surface area contributed by atoms with Gasteiger partial charge in [-0.25, -0.2) is 26.4 Å². The zero-order valence-corrected chi connectivity index (χ0v) is 27.6. The summed E-state index contributed by atoms with van der Waals surface area (Å²) in [5.41, 5.74) is 1.94. The van der Waals surface area contributed by atoms with Gasteiger partial charge < -0.3 is 29.1 Å². The minimum absolute atomic E-state index is 0.0418. The highest BCUT2D eigenvalue weighted by atomic mass is 32.2. The van der Waals surface area contributed by atoms with E-state index in [9.17, 15) is 26.4 Å². The predicted octanol–water partition coefficient (Wildman–Crippen LogP) is 2.83. The molecular weight excluding hydrogens is 630 g/mol. The lowest BCUT2D eigenvalue weighted by molar-refractivity contribution is 0.0634. The first kappa shape index (κ1) is 35.7. The molecule has 2 saturated heterocycles. The summed E-state index contributed by atoms with van der Waals surface area (Å²) in [6.07, 6.45) is 1.50. The van der Waals surface area contributed by atoms with Crippen LogP contribution >= 0.6 is 0 Å². The fourth-order valence-corrected chi connectivity index (χ4v) is 5.49. The normalized spacial score (nSPS) is 15.8. The van der Waals surface area contributed by atoms with Crippen LogP contribution in [0.15, 0.2) is 36.4 Å². The van der Waals surface area contributed by atoms with Crippen LogP contribution in [0.1, 0.15) is 31.1 Å². The van der Waals surface area contributed by atoms with Crippen LogP contribution in [0.25, 0.3) is 0 Å². The first-order valence-electron chi connectivity index (χ1n) is 14.0. The van der Waals surface area contributed by atoms with Crippen LogP contribution in [0, 0.1) is 0 Å². The third-order valence-corrected chi connectivity index (χ3v) is 7.30. The van der Waals surface area contributed by atoms with Crippen molar-refractivity contribution in [2.45, 2.75) is 26.4 Å². The minimum Gasteiger partial charge on any atom is -0.478 e. The highest BCUT2D eigenvalue weighted by Gasteiger charge is 2.19. The monoisotopic (exact) mass is 671 g/mol. The van der Waals surface area contributed by atoms with E-state index in [0.29, 0.717) is 69.7 Å². The van der Waals surface area contributed by atoms with Gasteiger partial charge in [0.25, 0.3) is 0 Å². The second-order valence-electron chi connectivity index (χ2n) is 11.4. The fraction of sp³-hybridized carbons (Fsp3) is 0.500. The molecule has 0 unspecified atom stereocenters. The number of amides is 1. The molecule has 2 fully saturated rings. The molecule has 0 radical (unpaired) electrons. The Morgan fingerprint density at radius 1 is 0.733 bits per heavy atom. The van der Waals surface area contributed by atoms with Crippen molar-refractivity contribution < 1.29 is 45.7 Å². The van der Waals surface area contributed by atoms with Gasteiger partial charge in [0, 0.05) is 43.2 Å². The van der Waals surface area contributed by atoms with Crippen molar-refractivity contribution in [1.82, 2.24) is 0 Å². The number of carbonyl (C=O) groups is 2. The van der Waals surface area contributed by atoms with Crippen molar-refractivity contribution in [2.75, 3.05) is 89.7 Å². The van der Waals surface area contributed by atoms with Gasteiger partial charge in [-0.15, -0.1) is 0 Å². The summed E-state index contributed by atoms with van der Waals surface area (Å²) < 4.78 is 66.2. The number of carboxylic acid groups (broad SMARTS) is 1. The Kier molecular flexibility index (Phi) is 11.9. The Hall–Kier alpha value is -3.80. The van der Waals surface area contributed by atoms with Crippen LogP contribution in [0.4, 0.5) is 33.2 Å². The number of rotatable bonds is 8. The van der Waals surface area contributed by atoms with Gasteiger partial charge in [-0.1, -0.05) is 0 Å². The molecular formula is C28H41N5O10S2. The second-order valence-corrected chi connectivity index (χ2v) is 14.9. The number of hydrogen-bond acceptors (Lipinski definition) is 11. The molecule has 2 aromatic rings. The maximum absolute atomic E-state index is 12.0. The van der Waals surface area contributed by atoms with Crippen molar-refractivity contribution in [1.29, 1.82) is 0 Å². The smallest absolute Gasteiger partial charge is 0.412 e. The van der Waals surface area contributed by atoms with Gasteiger partial charge in [0.2, 0.25) is 20.0 Å². The number of hydrogen-bond donors (Lipinski definition) is 4. The largest absolute Gasteiger partial charge is 0.478 e. The average molecular weight is 672 g/mol. The van der Waals surface area contributed by atoms with E-state index < -0.39 is 37.7 Å². The SMILES string of the molecule is CC(C)(C)OC(=O)Nc1cc(NS(C)(=O)=O)cc(N2CCOCC2)c1.CS(=O)(=O)Nc1cc(C(=O)O)cc(N2CCOCC2)c1. The molecule has 250 valence electrons. The molecule has 0 spiro atoms. The van der Waals surface area contributed by atoms with Crippen molar-refractivity contribution in [3.63, 3.8) is 0 Å². The Morgan fingerprint density at radius 2 is 1.16 bits per heavy atom. The molecule has 45 heavy (non-hydrogen) atoms. The Labute approximate surface area is 263 Å². The number of nitrogens with one attached hydrogen (secondary N) is 3. The van der Waals surface area contributed by atoms with Crippen LogP contribution in [0.2, 0.25) is 0 Å². The number of ether oxygens (including phenoxy) is 3. The van der Waals surface area contributed by atoms with Crippen LogP contribution < -0.4 is 24.6 Å². The lowest BCUT2D eigenvalue weighted by Gasteiger charge is -2.29. The quantitative estimate of drug-likeness (QED) is 0.321. The first-order valence-corrected chi connectivity index (χ1v) is 17.8. The van der Waals surface area contributed by atoms with Crippen molar-refractivity contribution >= 4 is 60.5 Å². The van der Waals surface area contributed by atoms with E-state index in [-0.39, 0.29) is 11.3 Å². The molecule has 0 aromatic heterocycles. The third kappa shape index (κ3) is 13.0. The maximum atomic E-state index is 12.0. The summed E-state index contributed by atoms with van der Waals surface area (Å²) in [6, 6.07) is 9.51. The molecule has 17 heteroatoms. The summed E-state index contributed by atoms with van der Waals surface area (Å²) in [5.74, 6) is -1.10. The lowest BCUT2D eigenvalue weighted by atomic mass is 10.1. The van der Waals surface area contributed by atoms with Gasteiger partial charge in [0.15, 0.2) is 0 Å². The molecule has 2 aromatic carbocycles. The van der Waals surface area contributed by atoms with Crippen LogP contribution in [0.3, 0.4) is 0 Å². The second kappa shape index (κ2) is 15.0. The van der Waals surface area contributed by atoms with E-state index in [4.69, 9.17) is 19.3 Å². The van der Waals surface area contributed by atoms with E-state index in [1.165, 1.54) is 12.1 Å². The molecule has 0 atom stereocenters. The molecule has 0 saturated carbocycles. The van der Waals surface area contributed by atoms with Gasteiger partial charge in [-0.2, -0.15) is 0 Å². The van der Waals surface area contributed by atoms with Crippen LogP contribution in [0.5, 0.6) is 0 Å². The molecule has 2 aliphatic heterocycles. The van der Waals surface area contributed by atoms with Gasteiger partial charge in [0.05, 0.1) is 55.9 Å². The first-order chi connectivity index (χ1) is 20.9. The summed E-state index contributed by atoms with van der Waals surface area (Å²) in [7, 11) is -6.89. The molecule has 1 amide bonds. The number of carbonyl (C=O) groups excluding carboxylic acids is 1. The minimum atomic E-state index is -3.45. The van der Waals surface area contributed by atoms with E-state index in [0.717, 1.165) is 18.2 Å². The van der Waals surface area contributed by atoms with Gasteiger partial charge in [-0.05, 0) is 57.2 Å². The van der Waals surface area contributed by atoms with E-state index in [1.54, 1.807) is 45.0 Å². The molecule has 4 N–H and O–H groups in total. The number of carboxylic acids is 1. The zero-order chi connectivity index (χ0) is 33.4. The Bertz CT molecular complexity index is 1560. The number of anilines is 5. The van der Waals surface area contributed by atoms with Crippen molar-refractivity contribution in [2.24, 2.45) is 0 Å². The summed E-state index contributed by atoms with van der Waals surface area (Å²) in [6.45, 7) is 10.3. The zero-order valence-electron chi connectivity index (χ0n) is 26.0. The van der Waals surface area contributed by atoms with E-state index in [2.05, 4.69) is 19.7 Å². The van der Waals surface area contributed by atoms with Gasteiger partial charge >= 0.3 is 12.1 Å². The number of sulfonamides is 2. The van der Waals surface area contributed by atoms with Crippen molar-refractivity contribution in [3.8, 4) is 0 Å². The maximum Gasteiger partial charge on any atom is 0.412 e. The van der Waals surface area contributed by atoms with E-state index in [1.807, 2.05) is 4.90 Å². The predicted molar refractivity (Wildman–Crippen MR) is 173 cm³/mol. The summed E-state index contributed by atoms with van der Waals surface area (Å²) >= 11 is 0. The number of benzene rings is 2. The average Bonchev–Trinajstić information content (AvgIpc) is 2.91. The standard InChI is InChI=1S/C16H25N3O5S.C12H16N2O5S/c1-16(2,3)24-15(20)17-12-9-13(18-25(4,21)22)11-14(10-12)19-5-7-23-8-6-19;1-20(17,18)13-10-6-9(12(15)16)7-11(8-10)14-2-4-19-5-3-14/h9-11,18H,5-8H2,1-4H3,(H,17,20);6-8,13H,2-5H2,1H3,(H,15,16). The summed E-state index contributed by atoms with van der Waals surface area (Å²) in [5, 5.41) is 11.8. The highest BCUT2D eigenvalue weighted by molar-refractivity contribution is 7.92. The lowest BCUT2D eigenvalue weighted by Crippen LogP contribution is -2.36. The highest BCUT2D eigenvalue weighted by Crippen LogP contribution is 2.28. The van der Waals surface area contributed by atoms with Crippen LogP contribution in [-0.2, 0) is 34.3 Å². The fourth-order valence-electron chi connectivity index (χ4n) is 4.39. The van der Waals surface area contributed by atoms with Crippen LogP contribution in [-0.4, -0.2) is 105 Å². The van der Waals surface area contributed by atoms with Crippen molar-refractivity contribution in [3.05, 3.63) is 42.0 Å². The number of nitrogens with zero attached hydrogens (tertiary/aromatic N) is 2. The topological polar surface area (TPSA) is 193 Å². The molecule has 2 heterocycles. The number of morpholine rings is 2. The molecule has 0 bridgehead atoms. The molecule has 4 rings (SSSR count). The molecule has 0 aliphatic carbocycles. The van der Waals surface area contributed by atoms with Gasteiger partial charge in [0.1, 0.15) is 5.60 Å². The third-order valence-electron chi connectivity index (χ3n) is 6.09. The van der Waals surface area contributed by atoms with E-state index >= 15 is 0 Å². The van der Waals surface area contributed by atoms with Gasteiger partial charge in [-0.3, -0.25) is 14.8 Å². The molecule has 2 aliphatic rings. The summed E-state index contributed by atoms with van der Waals surface area (Å²) in [4.78, 5) is 27.2. The number of aromatic carboxylic acids is 1. The Morgan fingerprint density at radius 3 is 1.58 bits per heavy atom. The Balaban J connectivity index is 0.000000251.